The number of hydrogen-bond acceptors (Lipinski definition) is 9. The zero-order valence-electron chi connectivity index (χ0n) is 22.3. The third kappa shape index (κ3) is 4.70. The van der Waals surface area contributed by atoms with E-state index in [4.69, 9.17) is 15.5 Å². The first-order valence-corrected chi connectivity index (χ1v) is 12.9. The monoisotopic (exact) mass is 540 g/mol. The van der Waals surface area contributed by atoms with E-state index in [9.17, 15) is 19.6 Å². The number of esters is 1. The zero-order valence-corrected chi connectivity index (χ0v) is 22.3. The Morgan fingerprint density at radius 3 is 2.67 bits per heavy atom. The van der Waals surface area contributed by atoms with Crippen LogP contribution in [0.3, 0.4) is 0 Å². The van der Waals surface area contributed by atoms with E-state index in [0.717, 1.165) is 22.0 Å². The third-order valence-corrected chi connectivity index (χ3v) is 7.07. The van der Waals surface area contributed by atoms with Crippen molar-refractivity contribution in [2.75, 3.05) is 25.1 Å². The molecule has 12 heteroatoms. The third-order valence-electron chi connectivity index (χ3n) is 7.07. The number of carbonyl (C=O) groups is 1. The van der Waals surface area contributed by atoms with Crippen LogP contribution in [0.2, 0.25) is 0 Å². The average Bonchev–Trinajstić information content (AvgIpc) is 3.35. The molecule has 0 amide bonds. The van der Waals surface area contributed by atoms with Crippen molar-refractivity contribution in [3.8, 4) is 17.9 Å². The van der Waals surface area contributed by atoms with Crippen LogP contribution in [0, 0.1) is 23.2 Å². The van der Waals surface area contributed by atoms with Crippen LogP contribution in [-0.2, 0) is 29.2 Å². The summed E-state index contributed by atoms with van der Waals surface area (Å²) >= 11 is 0. The van der Waals surface area contributed by atoms with Crippen LogP contribution in [0.4, 0.5) is 5.95 Å². The van der Waals surface area contributed by atoms with Gasteiger partial charge in [0.05, 0.1) is 31.5 Å². The summed E-state index contributed by atoms with van der Waals surface area (Å²) in [5.41, 5.74) is 5.93. The van der Waals surface area contributed by atoms with Crippen LogP contribution in [-0.4, -0.2) is 55.9 Å². The van der Waals surface area contributed by atoms with Crippen LogP contribution < -0.4 is 21.9 Å². The Hall–Kier alpha value is -4.94. The Morgan fingerprint density at radius 1 is 1.20 bits per heavy atom. The lowest BCUT2D eigenvalue weighted by Gasteiger charge is -2.31. The quantitative estimate of drug-likeness (QED) is 0.278. The van der Waals surface area contributed by atoms with Crippen molar-refractivity contribution in [1.29, 1.82) is 5.26 Å². The van der Waals surface area contributed by atoms with Gasteiger partial charge in [0.1, 0.15) is 12.6 Å². The largest absolute Gasteiger partial charge is 0.468 e. The van der Waals surface area contributed by atoms with E-state index in [0.29, 0.717) is 41.1 Å². The van der Waals surface area contributed by atoms with Crippen LogP contribution in [0.5, 0.6) is 0 Å². The number of anilines is 1. The molecule has 0 radical (unpaired) electrons. The zero-order chi connectivity index (χ0) is 28.4. The maximum Gasteiger partial charge on any atom is 0.333 e. The van der Waals surface area contributed by atoms with E-state index < -0.39 is 23.8 Å². The molecule has 4 aromatic rings. The minimum absolute atomic E-state index is 0.0658. The number of nitriles is 1. The fraction of sp³-hybridized carbons (Fsp3) is 0.357. The fourth-order valence-electron chi connectivity index (χ4n) is 5.11. The number of hydrogen-bond donors (Lipinski definition) is 1. The Balaban J connectivity index is 1.78. The maximum atomic E-state index is 14.1. The number of methoxy groups -OCH3 is 1. The summed E-state index contributed by atoms with van der Waals surface area (Å²) in [5.74, 6) is 5.64. The number of rotatable bonds is 6. The topological polar surface area (TPSA) is 154 Å². The highest BCUT2D eigenvalue weighted by Crippen LogP contribution is 2.24. The second-order valence-corrected chi connectivity index (χ2v) is 9.56. The number of nitrogens with two attached hydrogens (primary N) is 1. The minimum Gasteiger partial charge on any atom is -0.468 e. The lowest BCUT2D eigenvalue weighted by molar-refractivity contribution is -0.141. The first-order chi connectivity index (χ1) is 19.4. The Morgan fingerprint density at radius 2 is 1.98 bits per heavy atom. The number of aromatic nitrogens is 5. The first-order valence-electron chi connectivity index (χ1n) is 12.9. The van der Waals surface area contributed by atoms with Crippen molar-refractivity contribution in [1.82, 2.24) is 23.7 Å². The molecule has 0 spiro atoms. The number of piperidine rings is 1. The highest BCUT2D eigenvalue weighted by molar-refractivity contribution is 5.89. The molecule has 1 aliphatic rings. The van der Waals surface area contributed by atoms with Gasteiger partial charge in [-0.15, -0.1) is 5.92 Å². The van der Waals surface area contributed by atoms with E-state index in [1.54, 1.807) is 35.8 Å². The van der Waals surface area contributed by atoms with Crippen molar-refractivity contribution >= 4 is 33.9 Å². The molecule has 2 N–H and O–H groups in total. The van der Waals surface area contributed by atoms with Crippen LogP contribution >= 0.6 is 0 Å². The van der Waals surface area contributed by atoms with Gasteiger partial charge < -0.3 is 15.4 Å². The second kappa shape index (κ2) is 11.0. The molecule has 1 aromatic carbocycles. The summed E-state index contributed by atoms with van der Waals surface area (Å²) in [6.45, 7) is 2.42. The van der Waals surface area contributed by atoms with Gasteiger partial charge in [-0.05, 0) is 19.8 Å². The molecule has 3 aromatic heterocycles. The summed E-state index contributed by atoms with van der Waals surface area (Å²) in [6.07, 6.45) is 3.14. The van der Waals surface area contributed by atoms with Crippen molar-refractivity contribution in [2.24, 2.45) is 5.73 Å². The number of benzene rings is 1. The summed E-state index contributed by atoms with van der Waals surface area (Å²) in [5, 5.41) is 10.8. The second-order valence-electron chi connectivity index (χ2n) is 9.56. The molecule has 204 valence electrons. The lowest BCUT2D eigenvalue weighted by atomic mass is 10.1. The van der Waals surface area contributed by atoms with Gasteiger partial charge in [-0.25, -0.2) is 4.79 Å². The predicted octanol–water partition coefficient (Wildman–Crippen LogP) is 0.952. The van der Waals surface area contributed by atoms with Crippen molar-refractivity contribution < 1.29 is 9.53 Å². The number of fused-ring (bicyclic) bond motifs is 2. The standard InChI is InChI=1S/C28H28N8O4/c1-3-4-12-34-24-25(32-27(34)33-11-7-8-19(30)15-33)35(17-23(37)40-2)28(39)36(26(24)38)16-22-21-10-6-5-9-20(21)18(13-29)14-31-22/h5-6,9-10,14,19H,7-8,11-12,15-17,30H2,1-2H3. The molecular formula is C28H28N8O4. The highest BCUT2D eigenvalue weighted by Gasteiger charge is 2.28. The van der Waals surface area contributed by atoms with E-state index in [1.165, 1.54) is 13.3 Å². The van der Waals surface area contributed by atoms with E-state index in [2.05, 4.69) is 22.9 Å². The minimum atomic E-state index is -0.730. The van der Waals surface area contributed by atoms with Gasteiger partial charge in [0.25, 0.3) is 5.56 Å². The van der Waals surface area contributed by atoms with Gasteiger partial charge >= 0.3 is 11.7 Å². The maximum absolute atomic E-state index is 14.1. The van der Waals surface area contributed by atoms with Gasteiger partial charge in [0, 0.05) is 36.1 Å². The van der Waals surface area contributed by atoms with Gasteiger partial charge in [-0.2, -0.15) is 10.2 Å². The molecule has 0 saturated carbocycles. The normalized spacial score (nSPS) is 15.1. The summed E-state index contributed by atoms with van der Waals surface area (Å²) in [4.78, 5) is 51.4. The highest BCUT2D eigenvalue weighted by atomic mass is 16.5. The first kappa shape index (κ1) is 26.7. The van der Waals surface area contributed by atoms with Crippen LogP contribution in [0.1, 0.15) is 31.0 Å². The molecule has 1 fully saturated rings. The molecule has 12 nitrogen and oxygen atoms in total. The molecule has 5 rings (SSSR count). The average molecular weight is 541 g/mol. The van der Waals surface area contributed by atoms with Gasteiger partial charge in [0.2, 0.25) is 5.95 Å². The number of carbonyl (C=O) groups excluding carboxylic acids is 1. The van der Waals surface area contributed by atoms with E-state index in [-0.39, 0.29) is 30.3 Å². The van der Waals surface area contributed by atoms with Crippen LogP contribution in [0.25, 0.3) is 21.9 Å². The molecular weight excluding hydrogens is 512 g/mol. The van der Waals surface area contributed by atoms with Gasteiger partial charge in [-0.3, -0.25) is 28.3 Å². The fourth-order valence-corrected chi connectivity index (χ4v) is 5.11. The molecule has 4 heterocycles. The number of imidazole rings is 1. The SMILES string of the molecule is CC#CCn1c(N2CCCC(N)C2)nc2c1c(=O)n(Cc1ncc(C#N)c3ccccc13)c(=O)n2CC(=O)OC. The lowest BCUT2D eigenvalue weighted by Crippen LogP contribution is -2.44. The Bertz CT molecular complexity index is 1850. The molecule has 1 saturated heterocycles. The van der Waals surface area contributed by atoms with E-state index in [1.807, 2.05) is 4.90 Å². The summed E-state index contributed by atoms with van der Waals surface area (Å²) < 4.78 is 8.72. The number of nitrogens with zero attached hydrogens (tertiary/aromatic N) is 7. The summed E-state index contributed by atoms with van der Waals surface area (Å²) in [6, 6.07) is 9.23. The summed E-state index contributed by atoms with van der Waals surface area (Å²) in [7, 11) is 1.23. The molecule has 1 atom stereocenters. The molecule has 40 heavy (non-hydrogen) atoms. The number of pyridine rings is 1. The van der Waals surface area contributed by atoms with Crippen molar-refractivity contribution in [2.45, 2.75) is 45.4 Å². The van der Waals surface area contributed by atoms with Crippen molar-refractivity contribution in [3.63, 3.8) is 0 Å². The smallest absolute Gasteiger partial charge is 0.333 e. The van der Waals surface area contributed by atoms with Crippen LogP contribution in [0.15, 0.2) is 40.1 Å². The predicted molar refractivity (Wildman–Crippen MR) is 149 cm³/mol. The Labute approximate surface area is 229 Å². The Kier molecular flexibility index (Phi) is 7.36. The molecule has 1 unspecified atom stereocenters. The molecule has 0 aliphatic carbocycles. The van der Waals surface area contributed by atoms with Gasteiger partial charge in [0.15, 0.2) is 11.2 Å². The number of ether oxygens (including phenoxy) is 1. The van der Waals surface area contributed by atoms with Gasteiger partial charge in [-0.1, -0.05) is 30.2 Å². The van der Waals surface area contributed by atoms with E-state index >= 15 is 0 Å². The molecule has 1 aliphatic heterocycles. The molecule has 0 bridgehead atoms. The van der Waals surface area contributed by atoms with Crippen molar-refractivity contribution in [3.05, 3.63) is 62.6 Å².